The van der Waals surface area contributed by atoms with Gasteiger partial charge in [0.15, 0.2) is 0 Å². The highest BCUT2D eigenvalue weighted by Gasteiger charge is 2.30. The van der Waals surface area contributed by atoms with Crippen LogP contribution in [0.2, 0.25) is 0 Å². The monoisotopic (exact) mass is 221 g/mol. The Bertz CT molecular complexity index is 413. The SMILES string of the molecule is Cc1cc2c(cc1C(O)CN)CC(C)(C)O2. The molecule has 0 aromatic heterocycles. The molecule has 0 saturated heterocycles. The molecule has 3 heteroatoms. The van der Waals surface area contributed by atoms with Gasteiger partial charge in [0.1, 0.15) is 11.4 Å². The van der Waals surface area contributed by atoms with Gasteiger partial charge in [0, 0.05) is 13.0 Å². The second kappa shape index (κ2) is 3.75. The Hall–Kier alpha value is -1.06. The molecule has 0 saturated carbocycles. The van der Waals surface area contributed by atoms with E-state index in [1.165, 1.54) is 0 Å². The topological polar surface area (TPSA) is 55.5 Å². The van der Waals surface area contributed by atoms with Crippen molar-refractivity contribution in [3.05, 3.63) is 28.8 Å². The van der Waals surface area contributed by atoms with E-state index in [9.17, 15) is 5.11 Å². The van der Waals surface area contributed by atoms with Crippen LogP contribution in [0.4, 0.5) is 0 Å². The zero-order valence-corrected chi connectivity index (χ0v) is 10.1. The highest BCUT2D eigenvalue weighted by Crippen LogP contribution is 2.37. The maximum Gasteiger partial charge on any atom is 0.123 e. The molecule has 1 heterocycles. The number of aryl methyl sites for hydroxylation is 1. The van der Waals surface area contributed by atoms with Crippen molar-refractivity contribution in [2.45, 2.75) is 38.9 Å². The first-order chi connectivity index (χ1) is 7.43. The molecule has 1 aliphatic rings. The molecule has 0 fully saturated rings. The summed E-state index contributed by atoms with van der Waals surface area (Å²) in [6.45, 7) is 6.37. The van der Waals surface area contributed by atoms with E-state index >= 15 is 0 Å². The van der Waals surface area contributed by atoms with Gasteiger partial charge < -0.3 is 15.6 Å². The fourth-order valence-corrected chi connectivity index (χ4v) is 2.26. The van der Waals surface area contributed by atoms with Crippen molar-refractivity contribution in [3.8, 4) is 5.75 Å². The third-order valence-corrected chi connectivity index (χ3v) is 3.03. The van der Waals surface area contributed by atoms with Crippen molar-refractivity contribution in [3.63, 3.8) is 0 Å². The van der Waals surface area contributed by atoms with E-state index in [4.69, 9.17) is 10.5 Å². The summed E-state index contributed by atoms with van der Waals surface area (Å²) in [6, 6.07) is 4.02. The van der Waals surface area contributed by atoms with E-state index < -0.39 is 6.10 Å². The van der Waals surface area contributed by atoms with Gasteiger partial charge in [-0.25, -0.2) is 0 Å². The summed E-state index contributed by atoms with van der Waals surface area (Å²) in [5.74, 6) is 0.940. The number of hydrogen-bond acceptors (Lipinski definition) is 3. The Morgan fingerprint density at radius 3 is 2.81 bits per heavy atom. The van der Waals surface area contributed by atoms with Gasteiger partial charge in [-0.05, 0) is 49.6 Å². The van der Waals surface area contributed by atoms with Crippen LogP contribution in [0.1, 0.15) is 36.6 Å². The Balaban J connectivity index is 2.41. The van der Waals surface area contributed by atoms with Crippen LogP contribution in [0.5, 0.6) is 5.75 Å². The Morgan fingerprint density at radius 2 is 2.19 bits per heavy atom. The standard InChI is InChI=1S/C13H19NO2/c1-8-4-12-9(6-13(2,3)16-12)5-10(8)11(15)7-14/h4-5,11,15H,6-7,14H2,1-3H3. The van der Waals surface area contributed by atoms with Crippen LogP contribution in [0.25, 0.3) is 0 Å². The lowest BCUT2D eigenvalue weighted by atomic mass is 9.96. The van der Waals surface area contributed by atoms with Gasteiger partial charge in [-0.2, -0.15) is 0 Å². The molecule has 88 valence electrons. The van der Waals surface area contributed by atoms with E-state index in [1.807, 2.05) is 19.1 Å². The fraction of sp³-hybridized carbons (Fsp3) is 0.538. The second-order valence-electron chi connectivity index (χ2n) is 5.11. The minimum absolute atomic E-state index is 0.138. The third kappa shape index (κ3) is 1.93. The summed E-state index contributed by atoms with van der Waals surface area (Å²) in [5.41, 5.74) is 8.47. The minimum atomic E-state index is -0.575. The fourth-order valence-electron chi connectivity index (χ4n) is 2.26. The van der Waals surface area contributed by atoms with Gasteiger partial charge in [0.05, 0.1) is 6.10 Å². The molecule has 1 unspecified atom stereocenters. The molecular formula is C13H19NO2. The molecule has 3 nitrogen and oxygen atoms in total. The van der Waals surface area contributed by atoms with Crippen molar-refractivity contribution >= 4 is 0 Å². The van der Waals surface area contributed by atoms with E-state index in [0.29, 0.717) is 0 Å². The number of aliphatic hydroxyl groups is 1. The zero-order valence-electron chi connectivity index (χ0n) is 10.1. The van der Waals surface area contributed by atoms with Crippen LogP contribution in [-0.4, -0.2) is 17.3 Å². The molecule has 1 aromatic carbocycles. The summed E-state index contributed by atoms with van der Waals surface area (Å²) in [6.07, 6.45) is 0.307. The molecule has 0 radical (unpaired) electrons. The lowest BCUT2D eigenvalue weighted by Gasteiger charge is -2.17. The molecule has 1 atom stereocenters. The van der Waals surface area contributed by atoms with Crippen molar-refractivity contribution in [2.75, 3.05) is 6.54 Å². The lowest BCUT2D eigenvalue weighted by molar-refractivity contribution is 0.138. The molecule has 16 heavy (non-hydrogen) atoms. The summed E-state index contributed by atoms with van der Waals surface area (Å²) >= 11 is 0. The van der Waals surface area contributed by atoms with Crippen LogP contribution in [0.15, 0.2) is 12.1 Å². The predicted octanol–water partition coefficient (Wildman–Crippen LogP) is 1.70. The Morgan fingerprint density at radius 1 is 1.50 bits per heavy atom. The van der Waals surface area contributed by atoms with Gasteiger partial charge in [0.2, 0.25) is 0 Å². The summed E-state index contributed by atoms with van der Waals surface area (Å²) < 4.78 is 5.83. The van der Waals surface area contributed by atoms with Crippen LogP contribution >= 0.6 is 0 Å². The van der Waals surface area contributed by atoms with Crippen LogP contribution in [0.3, 0.4) is 0 Å². The molecule has 3 N–H and O–H groups in total. The van der Waals surface area contributed by atoms with Crippen LogP contribution in [0, 0.1) is 6.92 Å². The largest absolute Gasteiger partial charge is 0.487 e. The molecule has 0 aliphatic carbocycles. The Kier molecular flexibility index (Phi) is 2.68. The molecule has 0 bridgehead atoms. The third-order valence-electron chi connectivity index (χ3n) is 3.03. The van der Waals surface area contributed by atoms with Crippen molar-refractivity contribution in [1.82, 2.24) is 0 Å². The van der Waals surface area contributed by atoms with E-state index in [0.717, 1.165) is 28.9 Å². The maximum absolute atomic E-state index is 9.81. The first-order valence-corrected chi connectivity index (χ1v) is 5.63. The highest BCUT2D eigenvalue weighted by molar-refractivity contribution is 5.46. The number of benzene rings is 1. The number of aliphatic hydroxyl groups excluding tert-OH is 1. The highest BCUT2D eigenvalue weighted by atomic mass is 16.5. The smallest absolute Gasteiger partial charge is 0.123 e. The van der Waals surface area contributed by atoms with Gasteiger partial charge in [-0.1, -0.05) is 0 Å². The average Bonchev–Trinajstić information content (AvgIpc) is 2.48. The molecule has 1 aliphatic heterocycles. The lowest BCUT2D eigenvalue weighted by Crippen LogP contribution is -2.24. The summed E-state index contributed by atoms with van der Waals surface area (Å²) in [5, 5.41) is 9.81. The average molecular weight is 221 g/mol. The number of nitrogens with two attached hydrogens (primary N) is 1. The first kappa shape index (κ1) is 11.4. The van der Waals surface area contributed by atoms with Gasteiger partial charge in [-0.15, -0.1) is 0 Å². The number of fused-ring (bicyclic) bond motifs is 1. The van der Waals surface area contributed by atoms with Gasteiger partial charge in [0.25, 0.3) is 0 Å². The molecular weight excluding hydrogens is 202 g/mol. The van der Waals surface area contributed by atoms with Crippen molar-refractivity contribution in [1.29, 1.82) is 0 Å². The Labute approximate surface area is 96.2 Å². The van der Waals surface area contributed by atoms with Crippen LogP contribution in [-0.2, 0) is 6.42 Å². The van der Waals surface area contributed by atoms with Crippen molar-refractivity contribution in [2.24, 2.45) is 5.73 Å². The molecule has 0 amide bonds. The second-order valence-corrected chi connectivity index (χ2v) is 5.11. The normalized spacial score (nSPS) is 19.1. The maximum atomic E-state index is 9.81. The predicted molar refractivity (Wildman–Crippen MR) is 63.6 cm³/mol. The molecule has 0 spiro atoms. The van der Waals surface area contributed by atoms with Crippen LogP contribution < -0.4 is 10.5 Å². The quantitative estimate of drug-likeness (QED) is 0.799. The summed E-state index contributed by atoms with van der Waals surface area (Å²) in [7, 11) is 0. The molecule has 1 aromatic rings. The van der Waals surface area contributed by atoms with E-state index in [1.54, 1.807) is 0 Å². The number of ether oxygens (including phenoxy) is 1. The van der Waals surface area contributed by atoms with Gasteiger partial charge in [-0.3, -0.25) is 0 Å². The van der Waals surface area contributed by atoms with E-state index in [2.05, 4.69) is 13.8 Å². The van der Waals surface area contributed by atoms with E-state index in [-0.39, 0.29) is 12.1 Å². The number of hydrogen-bond donors (Lipinski definition) is 2. The number of rotatable bonds is 2. The zero-order chi connectivity index (χ0) is 11.9. The van der Waals surface area contributed by atoms with Crippen molar-refractivity contribution < 1.29 is 9.84 Å². The summed E-state index contributed by atoms with van der Waals surface area (Å²) in [4.78, 5) is 0. The van der Waals surface area contributed by atoms with Gasteiger partial charge >= 0.3 is 0 Å². The first-order valence-electron chi connectivity index (χ1n) is 5.63. The molecule has 2 rings (SSSR count). The minimum Gasteiger partial charge on any atom is -0.487 e.